The van der Waals surface area contributed by atoms with Crippen molar-refractivity contribution in [3.05, 3.63) is 35.9 Å². The number of aliphatic hydroxyl groups is 1. The molecule has 4 nitrogen and oxygen atoms in total. The molecule has 1 aliphatic heterocycles. The smallest absolute Gasteiger partial charge is 0.407 e. The molecule has 1 heterocycles. The topological polar surface area (TPSA) is 60.8 Å². The molecule has 1 saturated heterocycles. The van der Waals surface area contributed by atoms with Crippen LogP contribution in [0.4, 0.5) is 4.79 Å². The van der Waals surface area contributed by atoms with Gasteiger partial charge in [-0.2, -0.15) is 0 Å². The Bertz CT molecular complexity index is 366. The van der Waals surface area contributed by atoms with Gasteiger partial charge in [0.15, 0.2) is 0 Å². The van der Waals surface area contributed by atoms with Crippen molar-refractivity contribution in [2.24, 2.45) is 0 Å². The van der Waals surface area contributed by atoms with E-state index in [2.05, 4.69) is 0 Å². The van der Waals surface area contributed by atoms with Gasteiger partial charge >= 0.3 is 6.09 Å². The van der Waals surface area contributed by atoms with Gasteiger partial charge in [-0.25, -0.2) is 4.79 Å². The lowest BCUT2D eigenvalue weighted by Gasteiger charge is -2.26. The minimum Gasteiger partial charge on any atom is -0.465 e. The third kappa shape index (κ3) is 2.02. The number of rotatable bonds is 2. The average molecular weight is 221 g/mol. The molecule has 1 aliphatic rings. The number of carbonyl (C=O) groups is 1. The lowest BCUT2D eigenvalue weighted by atomic mass is 10.0. The fourth-order valence-electron chi connectivity index (χ4n) is 2.23. The molecule has 2 unspecified atom stereocenters. The summed E-state index contributed by atoms with van der Waals surface area (Å²) >= 11 is 0. The van der Waals surface area contributed by atoms with Crippen LogP contribution in [-0.2, 0) is 0 Å². The van der Waals surface area contributed by atoms with Crippen LogP contribution >= 0.6 is 0 Å². The summed E-state index contributed by atoms with van der Waals surface area (Å²) < 4.78 is 0. The van der Waals surface area contributed by atoms with Crippen LogP contribution < -0.4 is 0 Å². The van der Waals surface area contributed by atoms with Gasteiger partial charge in [0.1, 0.15) is 0 Å². The van der Waals surface area contributed by atoms with Gasteiger partial charge in [0, 0.05) is 6.54 Å². The van der Waals surface area contributed by atoms with E-state index in [1.54, 1.807) is 0 Å². The van der Waals surface area contributed by atoms with E-state index in [0.29, 0.717) is 6.54 Å². The monoisotopic (exact) mass is 221 g/mol. The molecule has 0 aliphatic carbocycles. The maximum Gasteiger partial charge on any atom is 0.407 e. The van der Waals surface area contributed by atoms with Crippen LogP contribution in [0, 0.1) is 0 Å². The van der Waals surface area contributed by atoms with Crippen molar-refractivity contribution >= 4 is 6.09 Å². The van der Waals surface area contributed by atoms with Crippen molar-refractivity contribution in [2.45, 2.75) is 25.0 Å². The number of hydrogen-bond acceptors (Lipinski definition) is 2. The second-order valence-electron chi connectivity index (χ2n) is 4.04. The summed E-state index contributed by atoms with van der Waals surface area (Å²) in [5, 5.41) is 19.1. The zero-order valence-corrected chi connectivity index (χ0v) is 8.91. The largest absolute Gasteiger partial charge is 0.465 e. The second kappa shape index (κ2) is 4.53. The Hall–Kier alpha value is -1.55. The number of aliphatic hydroxyl groups excluding tert-OH is 1. The molecule has 1 amide bonds. The van der Waals surface area contributed by atoms with E-state index in [1.165, 1.54) is 4.90 Å². The number of likely N-dealkylation sites (tertiary alicyclic amines) is 1. The molecule has 1 aromatic rings. The lowest BCUT2D eigenvalue weighted by Crippen LogP contribution is -2.38. The third-order valence-corrected chi connectivity index (χ3v) is 3.05. The molecule has 0 aromatic heterocycles. The lowest BCUT2D eigenvalue weighted by molar-refractivity contribution is 0.0677. The maximum absolute atomic E-state index is 11.0. The first-order chi connectivity index (χ1) is 7.70. The molecule has 2 atom stereocenters. The van der Waals surface area contributed by atoms with Gasteiger partial charge in [-0.15, -0.1) is 0 Å². The summed E-state index contributed by atoms with van der Waals surface area (Å²) in [4.78, 5) is 12.3. The zero-order valence-electron chi connectivity index (χ0n) is 8.91. The highest BCUT2D eigenvalue weighted by Crippen LogP contribution is 2.29. The number of carboxylic acid groups (broad SMARTS) is 1. The predicted octanol–water partition coefficient (Wildman–Crippen LogP) is 1.86. The Morgan fingerprint density at radius 1 is 1.38 bits per heavy atom. The van der Waals surface area contributed by atoms with Gasteiger partial charge in [-0.1, -0.05) is 30.3 Å². The van der Waals surface area contributed by atoms with Crippen LogP contribution in [0.1, 0.15) is 24.5 Å². The molecule has 2 rings (SSSR count). The normalized spacial score (nSPS) is 22.1. The van der Waals surface area contributed by atoms with Gasteiger partial charge < -0.3 is 15.1 Å². The Labute approximate surface area is 94.1 Å². The summed E-state index contributed by atoms with van der Waals surface area (Å²) in [6, 6.07) is 8.91. The minimum atomic E-state index is -0.947. The minimum absolute atomic E-state index is 0.306. The molecule has 0 saturated carbocycles. The Morgan fingerprint density at radius 3 is 2.69 bits per heavy atom. The number of nitrogens with zero attached hydrogens (tertiary/aromatic N) is 1. The number of hydrogen-bond donors (Lipinski definition) is 2. The van der Waals surface area contributed by atoms with Crippen LogP contribution in [0.2, 0.25) is 0 Å². The fourth-order valence-corrected chi connectivity index (χ4v) is 2.23. The summed E-state index contributed by atoms with van der Waals surface area (Å²) in [6.45, 7) is 0.518. The van der Waals surface area contributed by atoms with Gasteiger partial charge in [-0.3, -0.25) is 0 Å². The summed E-state index contributed by atoms with van der Waals surface area (Å²) in [7, 11) is 0. The first-order valence-electron chi connectivity index (χ1n) is 5.42. The van der Waals surface area contributed by atoms with Crippen LogP contribution in [0.15, 0.2) is 30.3 Å². The van der Waals surface area contributed by atoms with E-state index in [-0.39, 0.29) is 6.04 Å². The molecule has 0 radical (unpaired) electrons. The molecule has 1 fully saturated rings. The molecular weight excluding hydrogens is 206 g/mol. The quantitative estimate of drug-likeness (QED) is 0.801. The highest BCUT2D eigenvalue weighted by Gasteiger charge is 2.34. The average Bonchev–Trinajstić information content (AvgIpc) is 2.78. The molecule has 0 bridgehead atoms. The van der Waals surface area contributed by atoms with Crippen molar-refractivity contribution in [3.8, 4) is 0 Å². The van der Waals surface area contributed by atoms with E-state index in [4.69, 9.17) is 5.11 Å². The van der Waals surface area contributed by atoms with Crippen LogP contribution in [0.25, 0.3) is 0 Å². The van der Waals surface area contributed by atoms with Crippen LogP contribution in [0.5, 0.6) is 0 Å². The van der Waals surface area contributed by atoms with E-state index in [1.807, 2.05) is 30.3 Å². The van der Waals surface area contributed by atoms with E-state index >= 15 is 0 Å². The van der Waals surface area contributed by atoms with E-state index in [0.717, 1.165) is 18.4 Å². The van der Waals surface area contributed by atoms with Crippen molar-refractivity contribution < 1.29 is 15.0 Å². The molecule has 4 heteroatoms. The highest BCUT2D eigenvalue weighted by atomic mass is 16.4. The first-order valence-corrected chi connectivity index (χ1v) is 5.42. The summed E-state index contributed by atoms with van der Waals surface area (Å²) in [5.74, 6) is 0. The SMILES string of the molecule is O=C(O)N1CCCC1C(O)c1ccccc1. The predicted molar refractivity (Wildman–Crippen MR) is 59.2 cm³/mol. The number of benzene rings is 1. The number of amides is 1. The zero-order chi connectivity index (χ0) is 11.5. The standard InChI is InChI=1S/C12H15NO3/c14-11(9-5-2-1-3-6-9)10-7-4-8-13(10)12(15)16/h1-3,5-6,10-11,14H,4,7-8H2,(H,15,16). The summed E-state index contributed by atoms with van der Waals surface area (Å²) in [6.07, 6.45) is -0.124. The fraction of sp³-hybridized carbons (Fsp3) is 0.417. The van der Waals surface area contributed by atoms with Crippen LogP contribution in [0.3, 0.4) is 0 Å². The molecule has 1 aromatic carbocycles. The molecule has 2 N–H and O–H groups in total. The van der Waals surface area contributed by atoms with E-state index < -0.39 is 12.2 Å². The second-order valence-corrected chi connectivity index (χ2v) is 4.04. The van der Waals surface area contributed by atoms with Crippen LogP contribution in [-0.4, -0.2) is 33.8 Å². The molecule has 86 valence electrons. The molecule has 0 spiro atoms. The van der Waals surface area contributed by atoms with Crippen molar-refractivity contribution in [1.29, 1.82) is 0 Å². The van der Waals surface area contributed by atoms with Gasteiger partial charge in [0.05, 0.1) is 12.1 Å². The van der Waals surface area contributed by atoms with Crippen molar-refractivity contribution in [1.82, 2.24) is 4.90 Å². The van der Waals surface area contributed by atoms with Gasteiger partial charge in [0.25, 0.3) is 0 Å². The van der Waals surface area contributed by atoms with E-state index in [9.17, 15) is 9.90 Å². The molecular formula is C12H15NO3. The van der Waals surface area contributed by atoms with Gasteiger partial charge in [0.2, 0.25) is 0 Å². The molecule has 16 heavy (non-hydrogen) atoms. The Morgan fingerprint density at radius 2 is 2.06 bits per heavy atom. The Balaban J connectivity index is 2.15. The highest BCUT2D eigenvalue weighted by molar-refractivity contribution is 5.66. The Kier molecular flexibility index (Phi) is 3.10. The van der Waals surface area contributed by atoms with Crippen molar-refractivity contribution in [3.63, 3.8) is 0 Å². The first kappa shape index (κ1) is 11.0. The third-order valence-electron chi connectivity index (χ3n) is 3.05. The summed E-state index contributed by atoms with van der Waals surface area (Å²) in [5.41, 5.74) is 0.778. The van der Waals surface area contributed by atoms with Gasteiger partial charge in [-0.05, 0) is 18.4 Å². The van der Waals surface area contributed by atoms with Crippen molar-refractivity contribution in [2.75, 3.05) is 6.54 Å². The maximum atomic E-state index is 11.0.